The number of carbonyl (C=O) groups excluding carboxylic acids is 1. The lowest BCUT2D eigenvalue weighted by molar-refractivity contribution is -0.137. The molecule has 5 heteroatoms. The van der Waals surface area contributed by atoms with Crippen LogP contribution in [0.15, 0.2) is 24.3 Å². The average molecular weight is 219 g/mol. The third kappa shape index (κ3) is 2.93. The summed E-state index contributed by atoms with van der Waals surface area (Å²) in [7, 11) is 1.24. The van der Waals surface area contributed by atoms with Gasteiger partial charge in [-0.3, -0.25) is 0 Å². The highest BCUT2D eigenvalue weighted by Gasteiger charge is 2.20. The van der Waals surface area contributed by atoms with Crippen molar-refractivity contribution in [2.75, 3.05) is 12.8 Å². The zero-order chi connectivity index (χ0) is 12.0. The van der Waals surface area contributed by atoms with E-state index in [1.54, 1.807) is 6.07 Å². The second-order valence-corrected chi connectivity index (χ2v) is 3.24. The zero-order valence-electron chi connectivity index (χ0n) is 9.01. The van der Waals surface area contributed by atoms with Crippen LogP contribution in [0.25, 0.3) is 5.53 Å². The van der Waals surface area contributed by atoms with Crippen LogP contribution in [-0.2, 0) is 16.0 Å². The third-order valence-electron chi connectivity index (χ3n) is 2.23. The van der Waals surface area contributed by atoms with Gasteiger partial charge >= 0.3 is 11.7 Å². The largest absolute Gasteiger partial charge is 0.460 e. The number of hydrogen-bond acceptors (Lipinski definition) is 3. The van der Waals surface area contributed by atoms with Gasteiger partial charge in [0.15, 0.2) is 0 Å². The third-order valence-corrected chi connectivity index (χ3v) is 2.23. The molecule has 1 aromatic carbocycles. The average Bonchev–Trinajstić information content (AvgIpc) is 2.31. The molecule has 0 spiro atoms. The fourth-order valence-electron chi connectivity index (χ4n) is 1.33. The van der Waals surface area contributed by atoms with E-state index in [1.807, 2.05) is 18.2 Å². The van der Waals surface area contributed by atoms with E-state index < -0.39 is 5.97 Å². The van der Waals surface area contributed by atoms with Gasteiger partial charge < -0.3 is 16.0 Å². The Morgan fingerprint density at radius 2 is 2.19 bits per heavy atom. The van der Waals surface area contributed by atoms with Crippen LogP contribution in [0.4, 0.5) is 5.69 Å². The fraction of sp³-hybridized carbons (Fsp3) is 0.273. The summed E-state index contributed by atoms with van der Waals surface area (Å²) in [4.78, 5) is 14.0. The molecule has 0 saturated carbocycles. The molecule has 16 heavy (non-hydrogen) atoms. The van der Waals surface area contributed by atoms with Crippen LogP contribution < -0.4 is 5.73 Å². The van der Waals surface area contributed by atoms with E-state index >= 15 is 0 Å². The van der Waals surface area contributed by atoms with E-state index in [1.165, 1.54) is 7.11 Å². The molecule has 0 unspecified atom stereocenters. The molecule has 1 aromatic rings. The highest BCUT2D eigenvalue weighted by atomic mass is 16.5. The van der Waals surface area contributed by atoms with Gasteiger partial charge in [0.05, 0.1) is 13.5 Å². The molecule has 0 radical (unpaired) electrons. The Kier molecular flexibility index (Phi) is 4.24. The molecule has 0 atom stereocenters. The zero-order valence-corrected chi connectivity index (χ0v) is 9.01. The first-order valence-corrected chi connectivity index (χ1v) is 4.81. The Labute approximate surface area is 93.5 Å². The lowest BCUT2D eigenvalue weighted by atomic mass is 10.1. The summed E-state index contributed by atoms with van der Waals surface area (Å²) >= 11 is 0. The Hall–Kier alpha value is -2.13. The van der Waals surface area contributed by atoms with Gasteiger partial charge in [-0.15, -0.1) is 0 Å². The SMILES string of the molecule is COC(=O)C(CCc1ccccc1N)=[N+]=[N-]. The van der Waals surface area contributed by atoms with Crippen LogP contribution >= 0.6 is 0 Å². The molecule has 2 N–H and O–H groups in total. The van der Waals surface area contributed by atoms with Gasteiger partial charge in [0.2, 0.25) is 0 Å². The van der Waals surface area contributed by atoms with Crippen molar-refractivity contribution < 1.29 is 14.3 Å². The van der Waals surface area contributed by atoms with E-state index in [4.69, 9.17) is 11.3 Å². The van der Waals surface area contributed by atoms with Crippen molar-refractivity contribution in [3.05, 3.63) is 35.4 Å². The molecule has 0 saturated heterocycles. The standard InChI is InChI=1S/C11H13N3O2/c1-16-11(15)10(14-13)7-6-8-4-2-3-5-9(8)12/h2-5H,6-7,12H2,1H3. The van der Waals surface area contributed by atoms with Crippen LogP contribution in [0, 0.1) is 0 Å². The number of nitrogens with zero attached hydrogens (tertiary/aromatic N) is 2. The van der Waals surface area contributed by atoms with Gasteiger partial charge in [0, 0.05) is 5.69 Å². The lowest BCUT2D eigenvalue weighted by Crippen LogP contribution is -2.17. The molecule has 0 aliphatic rings. The summed E-state index contributed by atoms with van der Waals surface area (Å²) in [5, 5.41) is 0. The molecule has 1 rings (SSSR count). The molecule has 5 nitrogen and oxygen atoms in total. The van der Waals surface area contributed by atoms with Crippen molar-refractivity contribution in [3.63, 3.8) is 0 Å². The second-order valence-electron chi connectivity index (χ2n) is 3.24. The highest BCUT2D eigenvalue weighted by molar-refractivity contribution is 6.33. The first-order valence-electron chi connectivity index (χ1n) is 4.81. The molecular weight excluding hydrogens is 206 g/mol. The Balaban J connectivity index is 2.68. The smallest absolute Gasteiger partial charge is 0.416 e. The summed E-state index contributed by atoms with van der Waals surface area (Å²) in [5.74, 6) is -0.628. The summed E-state index contributed by atoms with van der Waals surface area (Å²) in [6, 6.07) is 7.34. The quantitative estimate of drug-likeness (QED) is 0.270. The summed E-state index contributed by atoms with van der Waals surface area (Å²) in [6.07, 6.45) is 0.818. The Morgan fingerprint density at radius 3 is 2.75 bits per heavy atom. The van der Waals surface area contributed by atoms with Crippen molar-refractivity contribution in [2.45, 2.75) is 12.8 Å². The predicted molar refractivity (Wildman–Crippen MR) is 59.8 cm³/mol. The van der Waals surface area contributed by atoms with Gasteiger partial charge in [0.25, 0.3) is 0 Å². The molecule has 0 aromatic heterocycles. The number of esters is 1. The van der Waals surface area contributed by atoms with Gasteiger partial charge in [0.1, 0.15) is 0 Å². The lowest BCUT2D eigenvalue weighted by Gasteiger charge is -2.02. The van der Waals surface area contributed by atoms with Gasteiger partial charge in [-0.05, 0) is 18.1 Å². The number of carbonyl (C=O) groups is 1. The summed E-state index contributed by atoms with van der Waals surface area (Å²) in [5.41, 5.74) is 15.9. The maximum atomic E-state index is 11.1. The molecule has 0 aliphatic heterocycles. The molecule has 0 heterocycles. The van der Waals surface area contributed by atoms with Crippen LogP contribution in [0.2, 0.25) is 0 Å². The van der Waals surface area contributed by atoms with Crippen LogP contribution in [0.1, 0.15) is 12.0 Å². The monoisotopic (exact) mass is 219 g/mol. The van der Waals surface area contributed by atoms with Crippen molar-refractivity contribution in [2.24, 2.45) is 0 Å². The molecule has 0 fully saturated rings. The minimum atomic E-state index is -0.628. The minimum Gasteiger partial charge on any atom is -0.460 e. The number of para-hydroxylation sites is 1. The number of rotatable bonds is 4. The maximum absolute atomic E-state index is 11.1. The van der Waals surface area contributed by atoms with Crippen molar-refractivity contribution in [1.29, 1.82) is 0 Å². The second kappa shape index (κ2) is 5.68. The van der Waals surface area contributed by atoms with Crippen molar-refractivity contribution in [1.82, 2.24) is 0 Å². The predicted octanol–water partition coefficient (Wildman–Crippen LogP) is 1.05. The van der Waals surface area contributed by atoms with Gasteiger partial charge in [-0.2, -0.15) is 4.79 Å². The Morgan fingerprint density at radius 1 is 1.50 bits per heavy atom. The van der Waals surface area contributed by atoms with Gasteiger partial charge in [-0.1, -0.05) is 18.2 Å². The number of hydrogen-bond donors (Lipinski definition) is 1. The van der Waals surface area contributed by atoms with Crippen LogP contribution in [-0.4, -0.2) is 23.6 Å². The van der Waals surface area contributed by atoms with E-state index in [2.05, 4.69) is 9.53 Å². The number of anilines is 1. The first-order chi connectivity index (χ1) is 7.69. The summed E-state index contributed by atoms with van der Waals surface area (Å²) in [6.45, 7) is 0. The fourth-order valence-corrected chi connectivity index (χ4v) is 1.33. The number of methoxy groups -OCH3 is 1. The Bertz CT molecular complexity index is 437. The minimum absolute atomic E-state index is 0.00856. The number of aryl methyl sites for hydroxylation is 1. The van der Waals surface area contributed by atoms with E-state index in [0.717, 1.165) is 5.56 Å². The van der Waals surface area contributed by atoms with Gasteiger partial charge in [-0.25, -0.2) is 4.79 Å². The molecular formula is C11H13N3O2. The topological polar surface area (TPSA) is 88.7 Å². The summed E-state index contributed by atoms with van der Waals surface area (Å²) < 4.78 is 4.46. The molecule has 0 bridgehead atoms. The molecule has 0 amide bonds. The van der Waals surface area contributed by atoms with E-state index in [0.29, 0.717) is 12.1 Å². The van der Waals surface area contributed by atoms with Crippen molar-refractivity contribution >= 4 is 17.4 Å². The number of nitrogens with two attached hydrogens (primary N) is 1. The first kappa shape index (κ1) is 11.9. The number of nitrogen functional groups attached to an aromatic ring is 1. The van der Waals surface area contributed by atoms with E-state index in [-0.39, 0.29) is 12.1 Å². The molecule has 84 valence electrons. The normalized spacial score (nSPS) is 9.31. The van der Waals surface area contributed by atoms with Crippen LogP contribution in [0.3, 0.4) is 0 Å². The van der Waals surface area contributed by atoms with Crippen molar-refractivity contribution in [3.8, 4) is 0 Å². The number of benzene rings is 1. The highest BCUT2D eigenvalue weighted by Crippen LogP contribution is 2.12. The van der Waals surface area contributed by atoms with Crippen LogP contribution in [0.5, 0.6) is 0 Å². The number of ether oxygens (including phenoxy) is 1. The molecule has 0 aliphatic carbocycles. The maximum Gasteiger partial charge on any atom is 0.416 e. The van der Waals surface area contributed by atoms with E-state index in [9.17, 15) is 4.79 Å².